The van der Waals surface area contributed by atoms with E-state index < -0.39 is 0 Å². The molecule has 2 aromatic rings. The van der Waals surface area contributed by atoms with Crippen molar-refractivity contribution in [2.24, 2.45) is 0 Å². The lowest BCUT2D eigenvalue weighted by Crippen LogP contribution is -2.12. The van der Waals surface area contributed by atoms with Gasteiger partial charge in [-0.3, -0.25) is 0 Å². The van der Waals surface area contributed by atoms with E-state index in [1.165, 1.54) is 27.7 Å². The maximum atomic E-state index is 3.47. The minimum atomic E-state index is 0.389. The molecule has 1 aromatic carbocycles. The lowest BCUT2D eigenvalue weighted by molar-refractivity contribution is 0.653. The van der Waals surface area contributed by atoms with Crippen LogP contribution in [0.4, 0.5) is 0 Å². The van der Waals surface area contributed by atoms with Crippen molar-refractivity contribution in [3.8, 4) is 0 Å². The second-order valence-electron chi connectivity index (χ2n) is 4.17. The Morgan fingerprint density at radius 1 is 1.27 bits per heavy atom. The minimum absolute atomic E-state index is 0.389. The number of aromatic amines is 1. The third-order valence-electron chi connectivity index (χ3n) is 3.15. The van der Waals surface area contributed by atoms with Gasteiger partial charge >= 0.3 is 0 Å². The van der Waals surface area contributed by atoms with Gasteiger partial charge in [0.25, 0.3) is 0 Å². The van der Waals surface area contributed by atoms with Crippen LogP contribution < -0.4 is 5.32 Å². The molecule has 1 unspecified atom stereocenters. The predicted molar refractivity (Wildman–Crippen MR) is 65.2 cm³/mol. The quantitative estimate of drug-likeness (QED) is 0.769. The topological polar surface area (TPSA) is 27.8 Å². The summed E-state index contributed by atoms with van der Waals surface area (Å²) in [5.74, 6) is 0. The first-order valence-corrected chi connectivity index (χ1v) is 5.40. The van der Waals surface area contributed by atoms with Crippen molar-refractivity contribution in [2.75, 3.05) is 7.05 Å². The Hall–Kier alpha value is -1.28. The number of hydrogen-bond donors (Lipinski definition) is 2. The number of nitrogens with one attached hydrogen (secondary N) is 2. The molecule has 2 N–H and O–H groups in total. The van der Waals surface area contributed by atoms with Crippen LogP contribution in [0.2, 0.25) is 0 Å². The van der Waals surface area contributed by atoms with Crippen LogP contribution in [0.15, 0.2) is 18.2 Å². The molecular weight excluding hydrogens is 184 g/mol. The standard InChI is InChI=1S/C13H18N2/c1-8-6-5-7-11-12(9(2)14-4)10(3)15-13(8)11/h5-7,9,14-15H,1-4H3. The second-order valence-corrected chi connectivity index (χ2v) is 4.17. The largest absolute Gasteiger partial charge is 0.358 e. The zero-order chi connectivity index (χ0) is 11.0. The Kier molecular flexibility index (Phi) is 2.53. The zero-order valence-corrected chi connectivity index (χ0v) is 9.81. The SMILES string of the molecule is CNC(C)c1c(C)[nH]c2c(C)cccc12. The maximum Gasteiger partial charge on any atom is 0.0489 e. The molecule has 0 radical (unpaired) electrons. The van der Waals surface area contributed by atoms with Crippen LogP contribution in [0.25, 0.3) is 10.9 Å². The second kappa shape index (κ2) is 3.70. The fraction of sp³-hybridized carbons (Fsp3) is 0.385. The van der Waals surface area contributed by atoms with Gasteiger partial charge in [-0.05, 0) is 38.9 Å². The molecule has 0 saturated carbocycles. The fourth-order valence-corrected chi connectivity index (χ4v) is 2.22. The zero-order valence-electron chi connectivity index (χ0n) is 9.81. The predicted octanol–water partition coefficient (Wildman–Crippen LogP) is 3.07. The van der Waals surface area contributed by atoms with Gasteiger partial charge in [-0.15, -0.1) is 0 Å². The molecule has 1 atom stereocenters. The first-order chi connectivity index (χ1) is 7.15. The monoisotopic (exact) mass is 202 g/mol. The molecule has 0 spiro atoms. The molecule has 1 heterocycles. The van der Waals surface area contributed by atoms with Gasteiger partial charge in [0, 0.05) is 22.6 Å². The van der Waals surface area contributed by atoms with Gasteiger partial charge in [-0.1, -0.05) is 18.2 Å². The summed E-state index contributed by atoms with van der Waals surface area (Å²) in [5.41, 5.74) is 5.23. The molecule has 80 valence electrons. The number of rotatable bonds is 2. The van der Waals surface area contributed by atoms with Crippen LogP contribution in [0.5, 0.6) is 0 Å². The molecule has 0 aliphatic carbocycles. The van der Waals surface area contributed by atoms with E-state index in [2.05, 4.69) is 49.3 Å². The molecule has 0 bridgehead atoms. The van der Waals surface area contributed by atoms with E-state index in [1.807, 2.05) is 7.05 Å². The van der Waals surface area contributed by atoms with Crippen molar-refractivity contribution in [1.29, 1.82) is 0 Å². The number of para-hydroxylation sites is 1. The highest BCUT2D eigenvalue weighted by molar-refractivity contribution is 5.87. The summed E-state index contributed by atoms with van der Waals surface area (Å²) in [4.78, 5) is 3.47. The van der Waals surface area contributed by atoms with E-state index in [-0.39, 0.29) is 0 Å². The van der Waals surface area contributed by atoms with E-state index in [0.29, 0.717) is 6.04 Å². The van der Waals surface area contributed by atoms with Crippen LogP contribution >= 0.6 is 0 Å². The van der Waals surface area contributed by atoms with Crippen LogP contribution in [0, 0.1) is 13.8 Å². The summed E-state index contributed by atoms with van der Waals surface area (Å²) in [6.07, 6.45) is 0. The first-order valence-electron chi connectivity index (χ1n) is 5.40. The average Bonchev–Trinajstić information content (AvgIpc) is 2.55. The minimum Gasteiger partial charge on any atom is -0.358 e. The normalized spacial score (nSPS) is 13.3. The van der Waals surface area contributed by atoms with Gasteiger partial charge in [-0.2, -0.15) is 0 Å². The summed E-state index contributed by atoms with van der Waals surface area (Å²) in [7, 11) is 2.00. The molecule has 0 saturated heterocycles. The van der Waals surface area contributed by atoms with Crippen LogP contribution in [0.3, 0.4) is 0 Å². The van der Waals surface area contributed by atoms with Crippen molar-refractivity contribution < 1.29 is 0 Å². The van der Waals surface area contributed by atoms with E-state index in [9.17, 15) is 0 Å². The molecule has 1 aromatic heterocycles. The average molecular weight is 202 g/mol. The third-order valence-corrected chi connectivity index (χ3v) is 3.15. The number of H-pyrrole nitrogens is 1. The molecule has 2 rings (SSSR count). The van der Waals surface area contributed by atoms with Gasteiger partial charge in [0.05, 0.1) is 0 Å². The van der Waals surface area contributed by atoms with Crippen LogP contribution in [0.1, 0.15) is 29.8 Å². The van der Waals surface area contributed by atoms with E-state index in [4.69, 9.17) is 0 Å². The smallest absolute Gasteiger partial charge is 0.0489 e. The van der Waals surface area contributed by atoms with E-state index in [1.54, 1.807) is 0 Å². The number of hydrogen-bond acceptors (Lipinski definition) is 1. The van der Waals surface area contributed by atoms with Gasteiger partial charge in [0.15, 0.2) is 0 Å². The van der Waals surface area contributed by atoms with Crippen molar-refractivity contribution in [3.63, 3.8) is 0 Å². The first kappa shape index (κ1) is 10.2. The lowest BCUT2D eigenvalue weighted by atomic mass is 10.0. The molecule has 0 aliphatic heterocycles. The van der Waals surface area contributed by atoms with Gasteiger partial charge in [0.1, 0.15) is 0 Å². The summed E-state index contributed by atoms with van der Waals surface area (Å²) >= 11 is 0. The van der Waals surface area contributed by atoms with Crippen LogP contribution in [-0.4, -0.2) is 12.0 Å². The summed E-state index contributed by atoms with van der Waals surface area (Å²) in [6, 6.07) is 6.85. The van der Waals surface area contributed by atoms with Crippen molar-refractivity contribution in [3.05, 3.63) is 35.0 Å². The summed E-state index contributed by atoms with van der Waals surface area (Å²) in [6.45, 7) is 6.48. The molecule has 0 aliphatic rings. The molecule has 2 nitrogen and oxygen atoms in total. The van der Waals surface area contributed by atoms with Crippen molar-refractivity contribution in [2.45, 2.75) is 26.8 Å². The van der Waals surface area contributed by atoms with Gasteiger partial charge in [0.2, 0.25) is 0 Å². The summed E-state index contributed by atoms with van der Waals surface area (Å²) in [5, 5.41) is 4.64. The number of benzene rings is 1. The van der Waals surface area contributed by atoms with Gasteiger partial charge < -0.3 is 10.3 Å². The highest BCUT2D eigenvalue weighted by Crippen LogP contribution is 2.28. The highest BCUT2D eigenvalue weighted by Gasteiger charge is 2.13. The van der Waals surface area contributed by atoms with E-state index in [0.717, 1.165) is 0 Å². The Morgan fingerprint density at radius 2 is 2.00 bits per heavy atom. The Balaban J connectivity index is 2.73. The Morgan fingerprint density at radius 3 is 2.67 bits per heavy atom. The molecule has 0 fully saturated rings. The van der Waals surface area contributed by atoms with Crippen molar-refractivity contribution >= 4 is 10.9 Å². The molecule has 15 heavy (non-hydrogen) atoms. The van der Waals surface area contributed by atoms with E-state index >= 15 is 0 Å². The number of aromatic nitrogens is 1. The Bertz CT molecular complexity index is 482. The Labute approximate surface area is 90.7 Å². The van der Waals surface area contributed by atoms with Crippen molar-refractivity contribution in [1.82, 2.24) is 10.3 Å². The van der Waals surface area contributed by atoms with Gasteiger partial charge in [-0.25, -0.2) is 0 Å². The lowest BCUT2D eigenvalue weighted by Gasteiger charge is -2.10. The van der Waals surface area contributed by atoms with Crippen LogP contribution in [-0.2, 0) is 0 Å². The fourth-order valence-electron chi connectivity index (χ4n) is 2.22. The maximum absolute atomic E-state index is 3.47. The third kappa shape index (κ3) is 1.55. The number of aryl methyl sites for hydroxylation is 2. The summed E-state index contributed by atoms with van der Waals surface area (Å²) < 4.78 is 0. The highest BCUT2D eigenvalue weighted by atomic mass is 14.9. The molecular formula is C13H18N2. The molecule has 0 amide bonds. The number of fused-ring (bicyclic) bond motifs is 1. The molecule has 2 heteroatoms.